The van der Waals surface area contributed by atoms with Crippen LogP contribution in [0.25, 0.3) is 0 Å². The van der Waals surface area contributed by atoms with Gasteiger partial charge in [-0.05, 0) is 23.8 Å². The van der Waals surface area contributed by atoms with Crippen LogP contribution in [0.3, 0.4) is 0 Å². The van der Waals surface area contributed by atoms with Gasteiger partial charge in [0.05, 0.1) is 5.75 Å². The molecule has 3 rings (SSSR count). The number of rotatable bonds is 1. The van der Waals surface area contributed by atoms with Crippen molar-refractivity contribution in [3.05, 3.63) is 63.4 Å². The number of sulfone groups is 1. The number of ketones is 1. The van der Waals surface area contributed by atoms with Crippen LogP contribution < -0.4 is 0 Å². The zero-order chi connectivity index (χ0) is 15.2. The van der Waals surface area contributed by atoms with Gasteiger partial charge in [0, 0.05) is 21.8 Å². The van der Waals surface area contributed by atoms with Crippen molar-refractivity contribution in [2.24, 2.45) is 0 Å². The van der Waals surface area contributed by atoms with Crippen LogP contribution in [-0.4, -0.2) is 19.2 Å². The molecule has 108 valence electrons. The summed E-state index contributed by atoms with van der Waals surface area (Å²) in [4.78, 5) is 16.6. The fourth-order valence-electron chi connectivity index (χ4n) is 2.44. The number of benzene rings is 1. The number of carbonyl (C=O) groups is 1. The molecule has 0 bridgehead atoms. The normalized spacial score (nSPS) is 20.1. The molecule has 1 aromatic heterocycles. The van der Waals surface area contributed by atoms with E-state index in [2.05, 4.69) is 4.98 Å². The third-order valence-corrected chi connectivity index (χ3v) is 5.88. The van der Waals surface area contributed by atoms with Crippen molar-refractivity contribution in [3.8, 4) is 0 Å². The first-order valence-corrected chi connectivity index (χ1v) is 8.52. The van der Waals surface area contributed by atoms with E-state index in [4.69, 9.17) is 23.2 Å². The predicted octanol–water partition coefficient (Wildman–Crippen LogP) is 3.24. The lowest BCUT2D eigenvalue weighted by atomic mass is 10.0. The van der Waals surface area contributed by atoms with Crippen molar-refractivity contribution >= 4 is 38.8 Å². The predicted molar refractivity (Wildman–Crippen MR) is 80.4 cm³/mol. The van der Waals surface area contributed by atoms with Gasteiger partial charge >= 0.3 is 0 Å². The minimum Gasteiger partial charge on any atom is -0.291 e. The first-order valence-electron chi connectivity index (χ1n) is 6.05. The van der Waals surface area contributed by atoms with Crippen LogP contribution in [0.15, 0.2) is 36.5 Å². The maximum Gasteiger partial charge on any atom is 0.204 e. The molecule has 0 amide bonds. The Morgan fingerprint density at radius 1 is 1.10 bits per heavy atom. The van der Waals surface area contributed by atoms with Crippen LogP contribution in [0.1, 0.15) is 26.9 Å². The highest BCUT2D eigenvalue weighted by atomic mass is 35.5. The van der Waals surface area contributed by atoms with Gasteiger partial charge in [0.25, 0.3) is 0 Å². The molecule has 0 N–H and O–H groups in total. The molecule has 2 heterocycles. The molecule has 2 aromatic rings. The van der Waals surface area contributed by atoms with Gasteiger partial charge in [0.15, 0.2) is 15.1 Å². The van der Waals surface area contributed by atoms with E-state index in [9.17, 15) is 13.2 Å². The summed E-state index contributed by atoms with van der Waals surface area (Å²) in [7, 11) is -3.74. The highest BCUT2D eigenvalue weighted by Gasteiger charge is 2.43. The Balaban J connectivity index is 2.26. The zero-order valence-electron chi connectivity index (χ0n) is 10.6. The van der Waals surface area contributed by atoms with Gasteiger partial charge in [-0.25, -0.2) is 8.42 Å². The standard InChI is InChI=1S/C14H9Cl2NO3S/c15-9-4-1-5-10(16)11(9)14-13(18)12-8(3-2-6-17-12)7-21(14,19)20/h1-6,14H,7H2. The van der Waals surface area contributed by atoms with Crippen LogP contribution >= 0.6 is 23.2 Å². The molecule has 1 aromatic carbocycles. The minimum atomic E-state index is -3.74. The first kappa shape index (κ1) is 14.5. The smallest absolute Gasteiger partial charge is 0.204 e. The molecule has 0 fully saturated rings. The summed E-state index contributed by atoms with van der Waals surface area (Å²) in [6.45, 7) is 0. The summed E-state index contributed by atoms with van der Waals surface area (Å²) in [5, 5.41) is -1.09. The summed E-state index contributed by atoms with van der Waals surface area (Å²) in [5.74, 6) is -0.847. The highest BCUT2D eigenvalue weighted by molar-refractivity contribution is 7.91. The lowest BCUT2D eigenvalue weighted by molar-refractivity contribution is 0.0979. The Labute approximate surface area is 131 Å². The molecule has 7 heteroatoms. The molecule has 1 aliphatic heterocycles. The summed E-state index contributed by atoms with van der Waals surface area (Å²) >= 11 is 12.1. The quantitative estimate of drug-likeness (QED) is 0.798. The number of pyridine rings is 1. The molecule has 21 heavy (non-hydrogen) atoms. The van der Waals surface area contributed by atoms with E-state index < -0.39 is 20.9 Å². The lowest BCUT2D eigenvalue weighted by Crippen LogP contribution is -2.31. The fraction of sp³-hybridized carbons (Fsp3) is 0.143. The van der Waals surface area contributed by atoms with Crippen molar-refractivity contribution in [2.75, 3.05) is 0 Å². The van der Waals surface area contributed by atoms with Crippen LogP contribution in [0, 0.1) is 0 Å². The second-order valence-corrected chi connectivity index (χ2v) is 7.60. The van der Waals surface area contributed by atoms with Gasteiger partial charge in [-0.2, -0.15) is 0 Å². The van der Waals surface area contributed by atoms with Gasteiger partial charge < -0.3 is 0 Å². The third-order valence-electron chi connectivity index (χ3n) is 3.34. The molecule has 0 saturated heterocycles. The Morgan fingerprint density at radius 3 is 2.43 bits per heavy atom. The minimum absolute atomic E-state index is 0.127. The van der Waals surface area contributed by atoms with E-state index in [0.29, 0.717) is 5.56 Å². The average molecular weight is 342 g/mol. The second kappa shape index (κ2) is 5.09. The van der Waals surface area contributed by atoms with E-state index in [1.54, 1.807) is 18.2 Å². The Hall–Kier alpha value is -1.43. The van der Waals surface area contributed by atoms with E-state index >= 15 is 0 Å². The topological polar surface area (TPSA) is 64.1 Å². The average Bonchev–Trinajstić information content (AvgIpc) is 2.41. The fourth-order valence-corrected chi connectivity index (χ4v) is 5.07. The van der Waals surface area contributed by atoms with Crippen LogP contribution in [0.4, 0.5) is 0 Å². The van der Waals surface area contributed by atoms with Crippen molar-refractivity contribution in [1.29, 1.82) is 0 Å². The van der Waals surface area contributed by atoms with Crippen LogP contribution in [0.5, 0.6) is 0 Å². The van der Waals surface area contributed by atoms with Gasteiger partial charge in [0.1, 0.15) is 5.69 Å². The molecule has 1 unspecified atom stereocenters. The molecule has 4 nitrogen and oxygen atoms in total. The Bertz CT molecular complexity index is 829. The van der Waals surface area contributed by atoms with Crippen LogP contribution in [0.2, 0.25) is 10.0 Å². The number of nitrogens with zero attached hydrogens (tertiary/aromatic N) is 1. The van der Waals surface area contributed by atoms with Crippen molar-refractivity contribution < 1.29 is 13.2 Å². The SMILES string of the molecule is O=C1c2ncccc2CS(=O)(=O)C1c1c(Cl)cccc1Cl. The number of aromatic nitrogens is 1. The summed E-state index contributed by atoms with van der Waals surface area (Å²) < 4.78 is 25.0. The monoisotopic (exact) mass is 341 g/mol. The molecule has 0 saturated carbocycles. The van der Waals surface area contributed by atoms with Crippen molar-refractivity contribution in [2.45, 2.75) is 11.0 Å². The molecule has 1 atom stereocenters. The van der Waals surface area contributed by atoms with Gasteiger partial charge in [-0.1, -0.05) is 35.3 Å². The maximum absolute atomic E-state index is 12.6. The highest BCUT2D eigenvalue weighted by Crippen LogP contribution is 2.40. The first-order chi connectivity index (χ1) is 9.92. The molecular weight excluding hydrogens is 333 g/mol. The number of hydrogen-bond donors (Lipinski definition) is 0. The van der Waals surface area contributed by atoms with Crippen LogP contribution in [-0.2, 0) is 15.6 Å². The molecular formula is C14H9Cl2NO3S. The lowest BCUT2D eigenvalue weighted by Gasteiger charge is -2.24. The van der Waals surface area contributed by atoms with E-state index in [1.807, 2.05) is 0 Å². The Kier molecular flexibility index (Phi) is 3.51. The third kappa shape index (κ3) is 2.35. The van der Waals surface area contributed by atoms with Gasteiger partial charge in [0.2, 0.25) is 5.78 Å². The summed E-state index contributed by atoms with van der Waals surface area (Å²) in [6.07, 6.45) is 1.46. The van der Waals surface area contributed by atoms with Gasteiger partial charge in [-0.15, -0.1) is 0 Å². The molecule has 1 aliphatic rings. The van der Waals surface area contributed by atoms with Gasteiger partial charge in [-0.3, -0.25) is 9.78 Å². The van der Waals surface area contributed by atoms with E-state index in [1.165, 1.54) is 18.3 Å². The molecule has 0 spiro atoms. The largest absolute Gasteiger partial charge is 0.291 e. The van der Waals surface area contributed by atoms with E-state index in [0.717, 1.165) is 0 Å². The number of fused-ring (bicyclic) bond motifs is 1. The maximum atomic E-state index is 12.6. The summed E-state index contributed by atoms with van der Waals surface area (Å²) in [5.41, 5.74) is 0.692. The number of carbonyl (C=O) groups excluding carboxylic acids is 1. The van der Waals surface area contributed by atoms with Crippen molar-refractivity contribution in [3.63, 3.8) is 0 Å². The van der Waals surface area contributed by atoms with E-state index in [-0.39, 0.29) is 27.1 Å². The summed E-state index contributed by atoms with van der Waals surface area (Å²) in [6, 6.07) is 7.81. The van der Waals surface area contributed by atoms with Crippen molar-refractivity contribution in [1.82, 2.24) is 4.98 Å². The molecule has 0 aliphatic carbocycles. The number of hydrogen-bond acceptors (Lipinski definition) is 4. The molecule has 0 radical (unpaired) electrons. The zero-order valence-corrected chi connectivity index (χ0v) is 12.9. The number of Topliss-reactive ketones (excluding diaryl/α,β-unsaturated/α-hetero) is 1. The Morgan fingerprint density at radius 2 is 1.76 bits per heavy atom. The second-order valence-electron chi connectivity index (χ2n) is 4.70. The number of halogens is 2.